The summed E-state index contributed by atoms with van der Waals surface area (Å²) >= 11 is 1.60. The predicted molar refractivity (Wildman–Crippen MR) is 104 cm³/mol. The SMILES string of the molecule is CSCC[C@H](N)C(=O)Nc1ccc(OCc2cccc(F)c2)c(F)c1.Cl. The lowest BCUT2D eigenvalue weighted by molar-refractivity contribution is -0.117. The van der Waals surface area contributed by atoms with E-state index in [1.807, 2.05) is 6.26 Å². The smallest absolute Gasteiger partial charge is 0.241 e. The molecule has 0 aliphatic rings. The summed E-state index contributed by atoms with van der Waals surface area (Å²) < 4.78 is 32.6. The van der Waals surface area contributed by atoms with Gasteiger partial charge in [-0.3, -0.25) is 4.79 Å². The van der Waals surface area contributed by atoms with Gasteiger partial charge in [-0.05, 0) is 48.3 Å². The maximum absolute atomic E-state index is 14.1. The molecule has 0 radical (unpaired) electrons. The van der Waals surface area contributed by atoms with Crippen molar-refractivity contribution in [2.24, 2.45) is 5.73 Å². The van der Waals surface area contributed by atoms with Crippen LogP contribution in [0.5, 0.6) is 5.75 Å². The molecule has 1 atom stereocenters. The minimum absolute atomic E-state index is 0. The van der Waals surface area contributed by atoms with Crippen LogP contribution < -0.4 is 15.8 Å². The molecule has 3 N–H and O–H groups in total. The summed E-state index contributed by atoms with van der Waals surface area (Å²) in [6.45, 7) is 0.0416. The minimum atomic E-state index is -0.639. The number of benzene rings is 2. The fraction of sp³-hybridized carbons (Fsp3) is 0.278. The van der Waals surface area contributed by atoms with Crippen molar-refractivity contribution in [2.75, 3.05) is 17.3 Å². The first-order valence-electron chi connectivity index (χ1n) is 7.72. The average molecular weight is 403 g/mol. The van der Waals surface area contributed by atoms with Gasteiger partial charge >= 0.3 is 0 Å². The molecule has 0 aliphatic carbocycles. The molecule has 0 spiro atoms. The van der Waals surface area contributed by atoms with Gasteiger partial charge in [-0.2, -0.15) is 11.8 Å². The Morgan fingerprint density at radius 1 is 1.27 bits per heavy atom. The quantitative estimate of drug-likeness (QED) is 0.700. The Bertz CT molecular complexity index is 734. The van der Waals surface area contributed by atoms with Crippen LogP contribution in [-0.4, -0.2) is 24.0 Å². The standard InChI is InChI=1S/C18H20F2N2O2S.ClH/c1-25-8-7-16(21)18(23)22-14-5-6-17(15(20)10-14)24-11-12-3-2-4-13(19)9-12;/h2-6,9-10,16H,7-8,11,21H2,1H3,(H,22,23);1H/t16-;/m0./s1. The number of halogens is 3. The average Bonchev–Trinajstić information content (AvgIpc) is 2.59. The molecule has 26 heavy (non-hydrogen) atoms. The van der Waals surface area contributed by atoms with Crippen LogP contribution in [0.1, 0.15) is 12.0 Å². The van der Waals surface area contributed by atoms with Crippen LogP contribution in [0.3, 0.4) is 0 Å². The van der Waals surface area contributed by atoms with E-state index in [0.29, 0.717) is 17.7 Å². The lowest BCUT2D eigenvalue weighted by Crippen LogP contribution is -2.36. The van der Waals surface area contributed by atoms with Crippen LogP contribution in [-0.2, 0) is 11.4 Å². The normalized spacial score (nSPS) is 11.4. The van der Waals surface area contributed by atoms with Gasteiger partial charge in [0, 0.05) is 11.8 Å². The van der Waals surface area contributed by atoms with Gasteiger partial charge in [0.05, 0.1) is 6.04 Å². The van der Waals surface area contributed by atoms with Gasteiger partial charge in [-0.15, -0.1) is 12.4 Å². The van der Waals surface area contributed by atoms with Gasteiger partial charge in [0.25, 0.3) is 0 Å². The molecular formula is C18H21ClF2N2O2S. The van der Waals surface area contributed by atoms with Crippen molar-refractivity contribution in [2.45, 2.75) is 19.1 Å². The highest BCUT2D eigenvalue weighted by atomic mass is 35.5. The Morgan fingerprint density at radius 2 is 2.04 bits per heavy atom. The summed E-state index contributed by atoms with van der Waals surface area (Å²) in [6.07, 6.45) is 2.48. The van der Waals surface area contributed by atoms with Crippen molar-refractivity contribution in [1.29, 1.82) is 0 Å². The van der Waals surface area contributed by atoms with E-state index in [1.165, 1.54) is 30.3 Å². The molecule has 0 aromatic heterocycles. The molecule has 1 amide bonds. The van der Waals surface area contributed by atoms with Gasteiger partial charge in [-0.1, -0.05) is 12.1 Å². The molecule has 8 heteroatoms. The Kier molecular flexibility index (Phi) is 9.40. The summed E-state index contributed by atoms with van der Waals surface area (Å²) in [7, 11) is 0. The van der Waals surface area contributed by atoms with E-state index in [9.17, 15) is 13.6 Å². The third-order valence-corrected chi connectivity index (χ3v) is 4.10. The number of carbonyl (C=O) groups is 1. The van der Waals surface area contributed by atoms with Crippen LogP contribution in [0.2, 0.25) is 0 Å². The van der Waals surface area contributed by atoms with E-state index in [2.05, 4.69) is 5.32 Å². The lowest BCUT2D eigenvalue weighted by atomic mass is 10.2. The van der Waals surface area contributed by atoms with Crippen LogP contribution in [0.4, 0.5) is 14.5 Å². The van der Waals surface area contributed by atoms with E-state index < -0.39 is 11.9 Å². The number of nitrogens with one attached hydrogen (secondary N) is 1. The molecule has 0 saturated heterocycles. The largest absolute Gasteiger partial charge is 0.486 e. The molecule has 0 unspecified atom stereocenters. The van der Waals surface area contributed by atoms with Crippen molar-refractivity contribution in [3.8, 4) is 5.75 Å². The molecule has 0 bridgehead atoms. The number of hydrogen-bond donors (Lipinski definition) is 2. The molecule has 2 aromatic carbocycles. The molecule has 4 nitrogen and oxygen atoms in total. The Balaban J connectivity index is 0.00000338. The maximum atomic E-state index is 14.1. The van der Waals surface area contributed by atoms with Crippen LogP contribution in [0.25, 0.3) is 0 Å². The Morgan fingerprint density at radius 3 is 2.69 bits per heavy atom. The Hall–Kier alpha value is -1.83. The van der Waals surface area contributed by atoms with E-state index in [-0.39, 0.29) is 36.5 Å². The zero-order valence-electron chi connectivity index (χ0n) is 14.2. The zero-order valence-corrected chi connectivity index (χ0v) is 15.8. The topological polar surface area (TPSA) is 64.4 Å². The first-order chi connectivity index (χ1) is 12.0. The first-order valence-corrected chi connectivity index (χ1v) is 9.11. The second-order valence-electron chi connectivity index (χ2n) is 5.44. The molecule has 2 aromatic rings. The summed E-state index contributed by atoms with van der Waals surface area (Å²) in [5.41, 5.74) is 6.67. The number of carbonyl (C=O) groups excluding carboxylic acids is 1. The number of nitrogens with two attached hydrogens (primary N) is 1. The monoisotopic (exact) mass is 402 g/mol. The van der Waals surface area contributed by atoms with E-state index in [0.717, 1.165) is 5.75 Å². The highest BCUT2D eigenvalue weighted by Crippen LogP contribution is 2.22. The van der Waals surface area contributed by atoms with Crippen molar-refractivity contribution in [3.05, 3.63) is 59.7 Å². The van der Waals surface area contributed by atoms with Gasteiger partial charge in [0.2, 0.25) is 5.91 Å². The molecule has 142 valence electrons. The number of anilines is 1. The molecule has 2 rings (SSSR count). The second-order valence-corrected chi connectivity index (χ2v) is 6.43. The van der Waals surface area contributed by atoms with Crippen molar-refractivity contribution >= 4 is 35.8 Å². The van der Waals surface area contributed by atoms with Crippen molar-refractivity contribution < 1.29 is 18.3 Å². The second kappa shape index (κ2) is 11.0. The fourth-order valence-corrected chi connectivity index (χ4v) is 2.58. The number of thioether (sulfide) groups is 1. The van der Waals surface area contributed by atoms with Gasteiger partial charge < -0.3 is 15.8 Å². The third kappa shape index (κ3) is 6.82. The van der Waals surface area contributed by atoms with E-state index in [4.69, 9.17) is 10.5 Å². The number of amides is 1. The summed E-state index contributed by atoms with van der Waals surface area (Å²) in [4.78, 5) is 11.9. The van der Waals surface area contributed by atoms with Crippen LogP contribution in [0.15, 0.2) is 42.5 Å². The maximum Gasteiger partial charge on any atom is 0.241 e. The third-order valence-electron chi connectivity index (χ3n) is 3.45. The number of ether oxygens (including phenoxy) is 1. The van der Waals surface area contributed by atoms with Crippen molar-refractivity contribution in [3.63, 3.8) is 0 Å². The van der Waals surface area contributed by atoms with E-state index >= 15 is 0 Å². The van der Waals surface area contributed by atoms with Gasteiger partial charge in [-0.25, -0.2) is 8.78 Å². The zero-order chi connectivity index (χ0) is 18.2. The Labute approximate surface area is 161 Å². The molecule has 0 heterocycles. The molecule has 0 aliphatic heterocycles. The fourth-order valence-electron chi connectivity index (χ4n) is 2.09. The molecule has 0 fully saturated rings. The van der Waals surface area contributed by atoms with E-state index in [1.54, 1.807) is 23.9 Å². The molecular weight excluding hydrogens is 382 g/mol. The van der Waals surface area contributed by atoms with Crippen molar-refractivity contribution in [1.82, 2.24) is 0 Å². The highest BCUT2D eigenvalue weighted by Gasteiger charge is 2.14. The van der Waals surface area contributed by atoms with Gasteiger partial charge in [0.1, 0.15) is 12.4 Å². The molecule has 0 saturated carbocycles. The lowest BCUT2D eigenvalue weighted by Gasteiger charge is -2.13. The minimum Gasteiger partial charge on any atom is -0.486 e. The summed E-state index contributed by atoms with van der Waals surface area (Å²) in [6, 6.07) is 9.36. The summed E-state index contributed by atoms with van der Waals surface area (Å²) in [5.74, 6) is -0.560. The first kappa shape index (κ1) is 22.2. The summed E-state index contributed by atoms with van der Waals surface area (Å²) in [5, 5.41) is 2.58. The highest BCUT2D eigenvalue weighted by molar-refractivity contribution is 7.98. The number of hydrogen-bond acceptors (Lipinski definition) is 4. The van der Waals surface area contributed by atoms with Crippen LogP contribution >= 0.6 is 24.2 Å². The number of rotatable bonds is 8. The van der Waals surface area contributed by atoms with Crippen LogP contribution in [0, 0.1) is 11.6 Å². The predicted octanol–water partition coefficient (Wildman–Crippen LogP) is 3.98. The van der Waals surface area contributed by atoms with Gasteiger partial charge in [0.15, 0.2) is 11.6 Å².